The minimum absolute atomic E-state index is 0.0901. The number of carboxylic acid groups (broad SMARTS) is 1. The van der Waals surface area contributed by atoms with Gasteiger partial charge in [0.05, 0.1) is 12.5 Å². The Morgan fingerprint density at radius 2 is 2.14 bits per heavy atom. The van der Waals surface area contributed by atoms with Crippen LogP contribution in [-0.2, 0) is 20.7 Å². The van der Waals surface area contributed by atoms with E-state index in [0.29, 0.717) is 6.61 Å². The molecule has 7 heteroatoms. The van der Waals surface area contributed by atoms with Crippen LogP contribution in [0.1, 0.15) is 18.4 Å². The van der Waals surface area contributed by atoms with E-state index in [1.807, 2.05) is 0 Å². The average Bonchev–Trinajstić information content (AvgIpc) is 2.94. The van der Waals surface area contributed by atoms with Gasteiger partial charge in [0.25, 0.3) is 0 Å². The summed E-state index contributed by atoms with van der Waals surface area (Å²) < 4.78 is 32.1. The smallest absolute Gasteiger partial charge is 0.323 e. The van der Waals surface area contributed by atoms with E-state index in [1.54, 1.807) is 0 Å². The Morgan fingerprint density at radius 3 is 2.77 bits per heavy atom. The highest BCUT2D eigenvalue weighted by atomic mass is 19.1. The highest BCUT2D eigenvalue weighted by Gasteiger charge is 2.25. The van der Waals surface area contributed by atoms with Gasteiger partial charge in [-0.05, 0) is 31.0 Å². The number of benzene rings is 1. The molecule has 1 aromatic carbocycles. The summed E-state index contributed by atoms with van der Waals surface area (Å²) in [5.74, 6) is -3.07. The third-order valence-electron chi connectivity index (χ3n) is 3.48. The van der Waals surface area contributed by atoms with Crippen molar-refractivity contribution in [3.8, 4) is 0 Å². The first-order chi connectivity index (χ1) is 10.5. The fourth-order valence-corrected chi connectivity index (χ4v) is 2.41. The Kier molecular flexibility index (Phi) is 5.43. The summed E-state index contributed by atoms with van der Waals surface area (Å²) in [6.07, 6.45) is 1.01. The monoisotopic (exact) mass is 313 g/mol. The predicted molar refractivity (Wildman–Crippen MR) is 73.3 cm³/mol. The van der Waals surface area contributed by atoms with Crippen LogP contribution in [0.5, 0.6) is 0 Å². The molecule has 120 valence electrons. The van der Waals surface area contributed by atoms with Crippen LogP contribution < -0.4 is 0 Å². The fourth-order valence-electron chi connectivity index (χ4n) is 2.41. The van der Waals surface area contributed by atoms with Crippen molar-refractivity contribution in [1.82, 2.24) is 4.90 Å². The van der Waals surface area contributed by atoms with Gasteiger partial charge in [-0.1, -0.05) is 0 Å². The lowest BCUT2D eigenvalue weighted by Crippen LogP contribution is -2.41. The molecule has 5 nitrogen and oxygen atoms in total. The molecule has 0 unspecified atom stereocenters. The van der Waals surface area contributed by atoms with Gasteiger partial charge in [-0.3, -0.25) is 9.59 Å². The number of carbonyl (C=O) groups excluding carboxylic acids is 1. The van der Waals surface area contributed by atoms with E-state index in [4.69, 9.17) is 9.84 Å². The maximum atomic E-state index is 13.6. The number of carboxylic acids is 1. The molecule has 0 bridgehead atoms. The van der Waals surface area contributed by atoms with E-state index in [1.165, 1.54) is 0 Å². The van der Waals surface area contributed by atoms with Crippen LogP contribution in [0.2, 0.25) is 0 Å². The molecule has 1 heterocycles. The molecular formula is C15H17F2NO4. The summed E-state index contributed by atoms with van der Waals surface area (Å²) in [6.45, 7) is 0.232. The Bertz CT molecular complexity index is 558. The van der Waals surface area contributed by atoms with Gasteiger partial charge in [-0.25, -0.2) is 8.78 Å². The number of rotatable bonds is 6. The Labute approximate surface area is 126 Å². The molecule has 2 rings (SSSR count). The number of carbonyl (C=O) groups is 2. The number of halogens is 2. The van der Waals surface area contributed by atoms with Crippen molar-refractivity contribution >= 4 is 11.9 Å². The maximum absolute atomic E-state index is 13.6. The van der Waals surface area contributed by atoms with Gasteiger partial charge >= 0.3 is 5.97 Å². The zero-order valence-corrected chi connectivity index (χ0v) is 11.9. The minimum atomic E-state index is -1.16. The summed E-state index contributed by atoms with van der Waals surface area (Å²) in [5, 5.41) is 8.90. The summed E-state index contributed by atoms with van der Waals surface area (Å²) in [7, 11) is 0. The summed E-state index contributed by atoms with van der Waals surface area (Å²) in [4.78, 5) is 24.2. The molecular weight excluding hydrogens is 296 g/mol. The molecule has 22 heavy (non-hydrogen) atoms. The van der Waals surface area contributed by atoms with E-state index in [2.05, 4.69) is 0 Å². The third-order valence-corrected chi connectivity index (χ3v) is 3.48. The lowest BCUT2D eigenvalue weighted by molar-refractivity contribution is -0.145. The minimum Gasteiger partial charge on any atom is -0.480 e. The van der Waals surface area contributed by atoms with E-state index in [-0.39, 0.29) is 24.6 Å². The van der Waals surface area contributed by atoms with Crippen LogP contribution in [0.15, 0.2) is 18.2 Å². The Hall–Kier alpha value is -2.02. The first-order valence-corrected chi connectivity index (χ1v) is 7.01. The number of hydrogen-bond donors (Lipinski definition) is 1. The van der Waals surface area contributed by atoms with Gasteiger partial charge < -0.3 is 14.7 Å². The Morgan fingerprint density at radius 1 is 1.36 bits per heavy atom. The second kappa shape index (κ2) is 7.31. The number of aliphatic carboxylic acids is 1. The molecule has 0 spiro atoms. The van der Waals surface area contributed by atoms with Crippen molar-refractivity contribution in [1.29, 1.82) is 0 Å². The van der Waals surface area contributed by atoms with Gasteiger partial charge in [0.1, 0.15) is 18.2 Å². The average molecular weight is 313 g/mol. The SMILES string of the molecule is O=C(O)CN(C[C@H]1CCCO1)C(=O)Cc1cc(F)ccc1F. The van der Waals surface area contributed by atoms with Crippen LogP contribution in [0, 0.1) is 11.6 Å². The van der Waals surface area contributed by atoms with Crippen LogP contribution in [0.25, 0.3) is 0 Å². The summed E-state index contributed by atoms with van der Waals surface area (Å²) >= 11 is 0. The molecule has 1 atom stereocenters. The van der Waals surface area contributed by atoms with Crippen LogP contribution >= 0.6 is 0 Å². The molecule has 1 aliphatic heterocycles. The van der Waals surface area contributed by atoms with Crippen molar-refractivity contribution in [2.45, 2.75) is 25.4 Å². The van der Waals surface area contributed by atoms with E-state index >= 15 is 0 Å². The predicted octanol–water partition coefficient (Wildman–Crippen LogP) is 1.60. The first kappa shape index (κ1) is 16.4. The number of ether oxygens (including phenoxy) is 1. The normalized spacial score (nSPS) is 17.5. The highest BCUT2D eigenvalue weighted by molar-refractivity contribution is 5.83. The molecule has 1 aliphatic rings. The largest absolute Gasteiger partial charge is 0.480 e. The highest BCUT2D eigenvalue weighted by Crippen LogP contribution is 2.15. The van der Waals surface area contributed by atoms with Crippen molar-refractivity contribution < 1.29 is 28.2 Å². The van der Waals surface area contributed by atoms with Crippen molar-refractivity contribution in [2.75, 3.05) is 19.7 Å². The zero-order chi connectivity index (χ0) is 16.1. The van der Waals surface area contributed by atoms with Gasteiger partial charge in [-0.15, -0.1) is 0 Å². The molecule has 0 aliphatic carbocycles. The quantitative estimate of drug-likeness (QED) is 0.866. The molecule has 1 N–H and O–H groups in total. The third kappa shape index (κ3) is 4.49. The van der Waals surface area contributed by atoms with Crippen LogP contribution in [-0.4, -0.2) is 47.7 Å². The summed E-state index contributed by atoms with van der Waals surface area (Å²) in [5.41, 5.74) is -0.0901. The van der Waals surface area contributed by atoms with Crippen molar-refractivity contribution in [3.05, 3.63) is 35.4 Å². The lowest BCUT2D eigenvalue weighted by atomic mass is 10.1. The number of hydrogen-bond acceptors (Lipinski definition) is 3. The van der Waals surface area contributed by atoms with Crippen LogP contribution in [0.4, 0.5) is 8.78 Å². The molecule has 0 saturated carbocycles. The first-order valence-electron chi connectivity index (χ1n) is 7.01. The second-order valence-electron chi connectivity index (χ2n) is 5.22. The molecule has 1 aromatic rings. The van der Waals surface area contributed by atoms with E-state index < -0.39 is 30.1 Å². The maximum Gasteiger partial charge on any atom is 0.323 e. The topological polar surface area (TPSA) is 66.8 Å². The molecule has 0 radical (unpaired) electrons. The van der Waals surface area contributed by atoms with Crippen molar-refractivity contribution in [3.63, 3.8) is 0 Å². The number of nitrogens with zero attached hydrogens (tertiary/aromatic N) is 1. The zero-order valence-electron chi connectivity index (χ0n) is 11.9. The molecule has 1 amide bonds. The molecule has 0 aromatic heterocycles. The van der Waals surface area contributed by atoms with Crippen LogP contribution in [0.3, 0.4) is 0 Å². The van der Waals surface area contributed by atoms with Gasteiger partial charge in [0.2, 0.25) is 5.91 Å². The fraction of sp³-hybridized carbons (Fsp3) is 0.467. The van der Waals surface area contributed by atoms with E-state index in [9.17, 15) is 18.4 Å². The summed E-state index contributed by atoms with van der Waals surface area (Å²) in [6, 6.07) is 2.85. The standard InChI is InChI=1S/C15H17F2NO4/c16-11-3-4-13(17)10(6-11)7-14(19)18(9-15(20)21)8-12-2-1-5-22-12/h3-4,6,12H,1-2,5,7-9H2,(H,20,21)/t12-/m1/s1. The van der Waals surface area contributed by atoms with Gasteiger partial charge in [0, 0.05) is 18.7 Å². The van der Waals surface area contributed by atoms with Gasteiger partial charge in [-0.2, -0.15) is 0 Å². The van der Waals surface area contributed by atoms with E-state index in [0.717, 1.165) is 35.9 Å². The molecule has 1 fully saturated rings. The Balaban J connectivity index is 2.06. The van der Waals surface area contributed by atoms with Gasteiger partial charge in [0.15, 0.2) is 0 Å². The van der Waals surface area contributed by atoms with Crippen molar-refractivity contribution in [2.24, 2.45) is 0 Å². The number of amides is 1. The lowest BCUT2D eigenvalue weighted by Gasteiger charge is -2.24. The molecule has 1 saturated heterocycles. The second-order valence-corrected chi connectivity index (χ2v) is 5.22.